The van der Waals surface area contributed by atoms with E-state index < -0.39 is 4.92 Å². The first-order valence-electron chi connectivity index (χ1n) is 6.66. The average Bonchev–Trinajstić information content (AvgIpc) is 3.29. The van der Waals surface area contributed by atoms with Gasteiger partial charge in [0, 0.05) is 12.1 Å². The van der Waals surface area contributed by atoms with Gasteiger partial charge >= 0.3 is 5.97 Å². The summed E-state index contributed by atoms with van der Waals surface area (Å²) < 4.78 is 5.26. The Morgan fingerprint density at radius 3 is 2.38 bits per heavy atom. The molecule has 0 unspecified atom stereocenters. The number of carbonyl (C=O) groups is 1. The molecular formula is C16H13NO4. The number of benzene rings is 2. The normalized spacial score (nSPS) is 19.8. The smallest absolute Gasteiger partial charge is 0.314 e. The topological polar surface area (TPSA) is 69.4 Å². The van der Waals surface area contributed by atoms with Crippen LogP contribution in [0.2, 0.25) is 0 Å². The number of ether oxygens (including phenoxy) is 1. The lowest BCUT2D eigenvalue weighted by molar-refractivity contribution is -0.384. The minimum absolute atomic E-state index is 0.0246. The van der Waals surface area contributed by atoms with Gasteiger partial charge in [-0.15, -0.1) is 0 Å². The summed E-state index contributed by atoms with van der Waals surface area (Å²) in [7, 11) is 0. The molecule has 0 amide bonds. The summed E-state index contributed by atoms with van der Waals surface area (Å²) in [6, 6.07) is 15.4. The molecule has 2 aromatic carbocycles. The van der Waals surface area contributed by atoms with Crippen LogP contribution in [0.5, 0.6) is 5.75 Å². The van der Waals surface area contributed by atoms with Crippen molar-refractivity contribution in [2.24, 2.45) is 5.92 Å². The molecule has 2 atom stereocenters. The lowest BCUT2D eigenvalue weighted by Crippen LogP contribution is -2.11. The van der Waals surface area contributed by atoms with Crippen LogP contribution in [-0.4, -0.2) is 10.9 Å². The Labute approximate surface area is 121 Å². The quantitative estimate of drug-likeness (QED) is 0.373. The Morgan fingerprint density at radius 1 is 1.10 bits per heavy atom. The lowest BCUT2D eigenvalue weighted by Gasteiger charge is -2.04. The van der Waals surface area contributed by atoms with Crippen molar-refractivity contribution in [3.8, 4) is 5.75 Å². The largest absolute Gasteiger partial charge is 0.426 e. The molecule has 0 radical (unpaired) electrons. The van der Waals surface area contributed by atoms with Gasteiger partial charge in [-0.1, -0.05) is 30.3 Å². The Bertz CT molecular complexity index is 666. The van der Waals surface area contributed by atoms with Crippen molar-refractivity contribution in [2.75, 3.05) is 0 Å². The van der Waals surface area contributed by atoms with Gasteiger partial charge in [0.1, 0.15) is 5.75 Å². The van der Waals surface area contributed by atoms with Crippen molar-refractivity contribution in [3.05, 3.63) is 70.3 Å². The van der Waals surface area contributed by atoms with Gasteiger partial charge in [-0.25, -0.2) is 0 Å². The summed E-state index contributed by atoms with van der Waals surface area (Å²) in [6.07, 6.45) is 0.788. The summed E-state index contributed by atoms with van der Waals surface area (Å²) in [5.74, 6) is 0.154. The monoisotopic (exact) mass is 283 g/mol. The molecule has 0 aromatic heterocycles. The maximum absolute atomic E-state index is 12.0. The van der Waals surface area contributed by atoms with Crippen LogP contribution in [0.25, 0.3) is 0 Å². The molecule has 0 saturated heterocycles. The predicted octanol–water partition coefficient (Wildman–Crippen LogP) is 3.30. The Balaban J connectivity index is 1.62. The molecule has 3 rings (SSSR count). The third kappa shape index (κ3) is 2.91. The van der Waals surface area contributed by atoms with Gasteiger partial charge in [-0.2, -0.15) is 0 Å². The van der Waals surface area contributed by atoms with E-state index in [1.54, 1.807) is 0 Å². The molecule has 0 heterocycles. The maximum Gasteiger partial charge on any atom is 0.314 e. The number of nitro groups is 1. The molecule has 0 N–H and O–H groups in total. The zero-order valence-electron chi connectivity index (χ0n) is 11.1. The molecule has 106 valence electrons. The van der Waals surface area contributed by atoms with Crippen molar-refractivity contribution < 1.29 is 14.5 Å². The number of rotatable bonds is 4. The van der Waals surface area contributed by atoms with Crippen LogP contribution < -0.4 is 4.74 Å². The summed E-state index contributed by atoms with van der Waals surface area (Å²) in [6.45, 7) is 0. The van der Waals surface area contributed by atoms with Gasteiger partial charge in [-0.05, 0) is 30.0 Å². The number of hydrogen-bond acceptors (Lipinski definition) is 4. The Kier molecular flexibility index (Phi) is 3.39. The van der Waals surface area contributed by atoms with Crippen molar-refractivity contribution in [2.45, 2.75) is 12.3 Å². The van der Waals surface area contributed by atoms with E-state index in [0.717, 1.165) is 12.0 Å². The minimum atomic E-state index is -0.488. The molecule has 0 bridgehead atoms. The van der Waals surface area contributed by atoms with Gasteiger partial charge in [-0.3, -0.25) is 14.9 Å². The van der Waals surface area contributed by atoms with Gasteiger partial charge in [0.05, 0.1) is 10.8 Å². The van der Waals surface area contributed by atoms with E-state index in [2.05, 4.69) is 0 Å². The van der Waals surface area contributed by atoms with Gasteiger partial charge in [0.15, 0.2) is 0 Å². The highest BCUT2D eigenvalue weighted by molar-refractivity contribution is 5.79. The predicted molar refractivity (Wildman–Crippen MR) is 76.0 cm³/mol. The van der Waals surface area contributed by atoms with E-state index in [1.165, 1.54) is 24.3 Å². The summed E-state index contributed by atoms with van der Waals surface area (Å²) in [4.78, 5) is 22.1. The van der Waals surface area contributed by atoms with Crippen LogP contribution in [0, 0.1) is 16.0 Å². The van der Waals surface area contributed by atoms with E-state index in [-0.39, 0.29) is 23.5 Å². The highest BCUT2D eigenvalue weighted by Gasteiger charge is 2.45. The second-order valence-electron chi connectivity index (χ2n) is 5.03. The zero-order valence-corrected chi connectivity index (χ0v) is 11.1. The van der Waals surface area contributed by atoms with Crippen molar-refractivity contribution in [1.82, 2.24) is 0 Å². The molecule has 1 aliphatic carbocycles. The Morgan fingerprint density at radius 2 is 1.76 bits per heavy atom. The van der Waals surface area contributed by atoms with Gasteiger partial charge in [0.25, 0.3) is 5.69 Å². The second kappa shape index (κ2) is 5.36. The van der Waals surface area contributed by atoms with Gasteiger partial charge < -0.3 is 4.74 Å². The van der Waals surface area contributed by atoms with Crippen molar-refractivity contribution in [1.29, 1.82) is 0 Å². The first kappa shape index (κ1) is 13.3. The summed E-state index contributed by atoms with van der Waals surface area (Å²) in [5, 5.41) is 10.6. The van der Waals surface area contributed by atoms with Crippen LogP contribution in [0.1, 0.15) is 17.9 Å². The SMILES string of the molecule is O=C(Oc1ccc([N+](=O)[O-])cc1)[C@H]1C[C@@H]1c1ccccc1. The Hall–Kier alpha value is -2.69. The molecule has 5 nitrogen and oxygen atoms in total. The summed E-state index contributed by atoms with van der Waals surface area (Å²) >= 11 is 0. The molecule has 0 spiro atoms. The van der Waals surface area contributed by atoms with E-state index in [4.69, 9.17) is 4.74 Å². The first-order chi connectivity index (χ1) is 10.1. The number of esters is 1. The lowest BCUT2D eigenvalue weighted by atomic mass is 10.1. The number of hydrogen-bond donors (Lipinski definition) is 0. The highest BCUT2D eigenvalue weighted by Crippen LogP contribution is 2.48. The fraction of sp³-hybridized carbons (Fsp3) is 0.188. The van der Waals surface area contributed by atoms with Crippen LogP contribution in [-0.2, 0) is 4.79 Å². The molecule has 0 aliphatic heterocycles. The van der Waals surface area contributed by atoms with Crippen molar-refractivity contribution >= 4 is 11.7 Å². The fourth-order valence-electron chi connectivity index (χ4n) is 2.35. The number of nitro benzene ring substituents is 1. The van der Waals surface area contributed by atoms with Gasteiger partial charge in [0.2, 0.25) is 0 Å². The number of non-ortho nitro benzene ring substituents is 1. The summed E-state index contributed by atoms with van der Waals surface area (Å²) in [5.41, 5.74) is 1.12. The molecule has 1 fully saturated rings. The highest BCUT2D eigenvalue weighted by atomic mass is 16.6. The first-order valence-corrected chi connectivity index (χ1v) is 6.66. The van der Waals surface area contributed by atoms with Crippen LogP contribution in [0.15, 0.2) is 54.6 Å². The molecule has 2 aromatic rings. The standard InChI is InChI=1S/C16H13NO4/c18-16(15-10-14(15)11-4-2-1-3-5-11)21-13-8-6-12(7-9-13)17(19)20/h1-9,14-15H,10H2/t14-,15+/m1/s1. The fourth-order valence-corrected chi connectivity index (χ4v) is 2.35. The molecule has 1 saturated carbocycles. The third-order valence-corrected chi connectivity index (χ3v) is 3.59. The second-order valence-corrected chi connectivity index (χ2v) is 5.03. The van der Waals surface area contributed by atoms with E-state index >= 15 is 0 Å². The molecule has 21 heavy (non-hydrogen) atoms. The van der Waals surface area contributed by atoms with Crippen LogP contribution in [0.4, 0.5) is 5.69 Å². The van der Waals surface area contributed by atoms with Crippen LogP contribution >= 0.6 is 0 Å². The average molecular weight is 283 g/mol. The minimum Gasteiger partial charge on any atom is -0.426 e. The van der Waals surface area contributed by atoms with E-state index in [0.29, 0.717) is 5.75 Å². The van der Waals surface area contributed by atoms with Crippen molar-refractivity contribution in [3.63, 3.8) is 0 Å². The van der Waals surface area contributed by atoms with E-state index in [1.807, 2.05) is 30.3 Å². The maximum atomic E-state index is 12.0. The zero-order chi connectivity index (χ0) is 14.8. The molecular weight excluding hydrogens is 270 g/mol. The number of nitrogens with zero attached hydrogens (tertiary/aromatic N) is 1. The number of carbonyl (C=O) groups excluding carboxylic acids is 1. The third-order valence-electron chi connectivity index (χ3n) is 3.59. The molecule has 5 heteroatoms. The van der Waals surface area contributed by atoms with Crippen LogP contribution in [0.3, 0.4) is 0 Å². The van der Waals surface area contributed by atoms with E-state index in [9.17, 15) is 14.9 Å². The molecule has 1 aliphatic rings.